The minimum Gasteiger partial charge on any atom is -0.355 e. The van der Waals surface area contributed by atoms with Crippen LogP contribution >= 0.6 is 0 Å². The largest absolute Gasteiger partial charge is 0.355 e. The number of aromatic nitrogens is 1. The molecule has 4 heteroatoms. The first kappa shape index (κ1) is 10.4. The van der Waals surface area contributed by atoms with Gasteiger partial charge in [0.2, 0.25) is 0 Å². The van der Waals surface area contributed by atoms with Crippen molar-refractivity contribution in [3.63, 3.8) is 0 Å². The monoisotopic (exact) mass is 235 g/mol. The zero-order valence-corrected chi connectivity index (χ0v) is 9.36. The average molecular weight is 235 g/mol. The van der Waals surface area contributed by atoms with E-state index in [0.717, 1.165) is 24.6 Å². The Hall–Kier alpha value is -1.71. The Morgan fingerprint density at radius 3 is 2.82 bits per heavy atom. The number of fused-ring (bicyclic) bond motifs is 2. The minimum atomic E-state index is -0.614. The van der Waals surface area contributed by atoms with Crippen molar-refractivity contribution < 1.29 is 8.78 Å². The molecule has 3 rings (SSSR count). The Labute approximate surface area is 96.3 Å². The van der Waals surface area contributed by atoms with Crippen LogP contribution in [0.5, 0.6) is 0 Å². The highest BCUT2D eigenvalue weighted by molar-refractivity contribution is 5.81. The first-order chi connectivity index (χ1) is 8.09. The van der Waals surface area contributed by atoms with E-state index in [1.165, 1.54) is 6.92 Å². The van der Waals surface area contributed by atoms with E-state index >= 15 is 0 Å². The van der Waals surface area contributed by atoms with Crippen LogP contribution in [0.1, 0.15) is 23.2 Å². The van der Waals surface area contributed by atoms with E-state index in [1.807, 2.05) is 0 Å². The second kappa shape index (κ2) is 3.39. The van der Waals surface area contributed by atoms with Crippen LogP contribution in [0.15, 0.2) is 10.9 Å². The molecular weight excluding hydrogens is 224 g/mol. The molecule has 88 valence electrons. The maximum absolute atomic E-state index is 13.9. The number of hydrogen-bond acceptors (Lipinski definition) is 1. The molecule has 0 aliphatic heterocycles. The molecule has 1 aliphatic rings. The van der Waals surface area contributed by atoms with E-state index < -0.39 is 11.6 Å². The normalized spacial score (nSPS) is 14.3. The van der Waals surface area contributed by atoms with Crippen LogP contribution in [0.25, 0.3) is 10.9 Å². The second-order valence-electron chi connectivity index (χ2n) is 4.50. The fraction of sp³-hybridized carbons (Fsp3) is 0.308. The van der Waals surface area contributed by atoms with Crippen molar-refractivity contribution >= 4 is 10.9 Å². The zero-order chi connectivity index (χ0) is 12.2. The Morgan fingerprint density at radius 2 is 2.06 bits per heavy atom. The third-order valence-electron chi connectivity index (χ3n) is 3.39. The van der Waals surface area contributed by atoms with Gasteiger partial charge >= 0.3 is 0 Å². The van der Waals surface area contributed by atoms with Gasteiger partial charge in [0.25, 0.3) is 0 Å². The first-order valence-corrected chi connectivity index (χ1v) is 5.62. The molecular formula is C13H11F2NO. The fourth-order valence-electron chi connectivity index (χ4n) is 2.52. The van der Waals surface area contributed by atoms with Gasteiger partial charge in [0.15, 0.2) is 5.43 Å². The van der Waals surface area contributed by atoms with E-state index in [-0.39, 0.29) is 21.9 Å². The number of nitrogens with one attached hydrogen (secondary N) is 1. The highest BCUT2D eigenvalue weighted by atomic mass is 19.1. The van der Waals surface area contributed by atoms with Crippen LogP contribution in [0.4, 0.5) is 8.78 Å². The quantitative estimate of drug-likeness (QED) is 0.748. The predicted octanol–water partition coefficient (Wildman–Crippen LogP) is 2.60. The molecule has 2 nitrogen and oxygen atoms in total. The van der Waals surface area contributed by atoms with E-state index in [1.54, 1.807) is 0 Å². The Kier molecular flexibility index (Phi) is 2.08. The van der Waals surface area contributed by atoms with Gasteiger partial charge in [-0.3, -0.25) is 4.79 Å². The summed E-state index contributed by atoms with van der Waals surface area (Å²) >= 11 is 0. The number of aromatic amines is 1. The molecule has 0 bridgehead atoms. The average Bonchev–Trinajstić information content (AvgIpc) is 2.74. The molecule has 0 saturated carbocycles. The standard InChI is InChI=1S/C13H11F2NO/c1-6-5-8(14)12-10(11(6)15)13(17)7-3-2-4-9(7)16-12/h5H,2-4H2,1H3,(H,16,17). The van der Waals surface area contributed by atoms with Crippen LogP contribution in [0.2, 0.25) is 0 Å². The molecule has 0 spiro atoms. The highest BCUT2D eigenvalue weighted by Gasteiger charge is 2.21. The van der Waals surface area contributed by atoms with Crippen molar-refractivity contribution in [2.75, 3.05) is 0 Å². The van der Waals surface area contributed by atoms with E-state index in [4.69, 9.17) is 0 Å². The summed E-state index contributed by atoms with van der Waals surface area (Å²) in [6.45, 7) is 1.46. The maximum Gasteiger partial charge on any atom is 0.195 e. The Bertz CT molecular complexity index is 688. The van der Waals surface area contributed by atoms with Crippen LogP contribution in [0.3, 0.4) is 0 Å². The molecule has 17 heavy (non-hydrogen) atoms. The molecule has 2 aromatic rings. The lowest BCUT2D eigenvalue weighted by Crippen LogP contribution is -2.13. The van der Waals surface area contributed by atoms with Gasteiger partial charge in [-0.1, -0.05) is 0 Å². The summed E-state index contributed by atoms with van der Waals surface area (Å²) in [5.74, 6) is -1.18. The van der Waals surface area contributed by atoms with Crippen LogP contribution in [-0.2, 0) is 12.8 Å². The summed E-state index contributed by atoms with van der Waals surface area (Å²) in [5, 5.41) is -0.136. The third-order valence-corrected chi connectivity index (χ3v) is 3.39. The van der Waals surface area contributed by atoms with Gasteiger partial charge in [0.1, 0.15) is 11.6 Å². The van der Waals surface area contributed by atoms with Gasteiger partial charge in [0.05, 0.1) is 10.9 Å². The van der Waals surface area contributed by atoms with Crippen molar-refractivity contribution in [3.05, 3.63) is 44.7 Å². The minimum absolute atomic E-state index is 0.00116. The summed E-state index contributed by atoms with van der Waals surface area (Å²) in [7, 11) is 0. The summed E-state index contributed by atoms with van der Waals surface area (Å²) in [6, 6.07) is 1.12. The molecule has 0 unspecified atom stereocenters. The number of benzene rings is 1. The predicted molar refractivity (Wildman–Crippen MR) is 61.2 cm³/mol. The first-order valence-electron chi connectivity index (χ1n) is 5.62. The molecule has 0 atom stereocenters. The number of pyridine rings is 1. The van der Waals surface area contributed by atoms with Crippen molar-refractivity contribution in [1.82, 2.24) is 4.98 Å². The van der Waals surface area contributed by atoms with Crippen LogP contribution in [-0.4, -0.2) is 4.98 Å². The zero-order valence-electron chi connectivity index (χ0n) is 9.36. The summed E-state index contributed by atoms with van der Waals surface area (Å²) in [5.41, 5.74) is 1.18. The number of rotatable bonds is 0. The van der Waals surface area contributed by atoms with Gasteiger partial charge < -0.3 is 4.98 Å². The molecule has 0 amide bonds. The van der Waals surface area contributed by atoms with Gasteiger partial charge in [0, 0.05) is 11.3 Å². The summed E-state index contributed by atoms with van der Waals surface area (Å²) < 4.78 is 27.7. The molecule has 0 radical (unpaired) electrons. The van der Waals surface area contributed by atoms with Crippen LogP contribution in [0, 0.1) is 18.6 Å². The number of halogens is 2. The summed E-state index contributed by atoms with van der Waals surface area (Å²) in [4.78, 5) is 15.0. The molecule has 0 saturated heterocycles. The molecule has 1 aliphatic carbocycles. The van der Waals surface area contributed by atoms with E-state index in [0.29, 0.717) is 12.0 Å². The Morgan fingerprint density at radius 1 is 1.29 bits per heavy atom. The SMILES string of the molecule is Cc1cc(F)c2[nH]c3c(c(=O)c2c1F)CCC3. The van der Waals surface area contributed by atoms with Crippen molar-refractivity contribution in [2.45, 2.75) is 26.2 Å². The van der Waals surface area contributed by atoms with Gasteiger partial charge in [-0.15, -0.1) is 0 Å². The Balaban J connectivity index is 2.56. The lowest BCUT2D eigenvalue weighted by atomic mass is 10.1. The van der Waals surface area contributed by atoms with Gasteiger partial charge in [-0.2, -0.15) is 0 Å². The molecule has 1 N–H and O–H groups in total. The van der Waals surface area contributed by atoms with Crippen molar-refractivity contribution in [2.24, 2.45) is 0 Å². The lowest BCUT2D eigenvalue weighted by molar-refractivity contribution is 0.606. The number of hydrogen-bond donors (Lipinski definition) is 1. The molecule has 1 aromatic heterocycles. The van der Waals surface area contributed by atoms with E-state index in [9.17, 15) is 13.6 Å². The van der Waals surface area contributed by atoms with Crippen molar-refractivity contribution in [1.29, 1.82) is 0 Å². The fourth-order valence-corrected chi connectivity index (χ4v) is 2.52. The number of aryl methyl sites for hydroxylation is 2. The molecule has 1 heterocycles. The van der Waals surface area contributed by atoms with Crippen molar-refractivity contribution in [3.8, 4) is 0 Å². The maximum atomic E-state index is 13.9. The smallest absolute Gasteiger partial charge is 0.195 e. The highest BCUT2D eigenvalue weighted by Crippen LogP contribution is 2.25. The lowest BCUT2D eigenvalue weighted by Gasteiger charge is -2.07. The second-order valence-corrected chi connectivity index (χ2v) is 4.50. The number of H-pyrrole nitrogens is 1. The molecule has 0 fully saturated rings. The van der Waals surface area contributed by atoms with Gasteiger partial charge in [-0.25, -0.2) is 8.78 Å². The third kappa shape index (κ3) is 1.33. The topological polar surface area (TPSA) is 32.9 Å². The van der Waals surface area contributed by atoms with Gasteiger partial charge in [-0.05, 0) is 37.8 Å². The summed E-state index contributed by atoms with van der Waals surface area (Å²) in [6.07, 6.45) is 2.24. The van der Waals surface area contributed by atoms with E-state index in [2.05, 4.69) is 4.98 Å². The molecule has 1 aromatic carbocycles. The van der Waals surface area contributed by atoms with Crippen LogP contribution < -0.4 is 5.43 Å².